The van der Waals surface area contributed by atoms with Gasteiger partial charge in [-0.2, -0.15) is 0 Å². The Balaban J connectivity index is 2.55. The van der Waals surface area contributed by atoms with Crippen LogP contribution in [0.4, 0.5) is 10.5 Å². The molecule has 0 aliphatic carbocycles. The summed E-state index contributed by atoms with van der Waals surface area (Å²) in [6.07, 6.45) is -0.257. The number of benzene rings is 2. The van der Waals surface area contributed by atoms with Crippen molar-refractivity contribution in [1.82, 2.24) is 10.2 Å². The first-order valence-corrected chi connectivity index (χ1v) is 13.4. The van der Waals surface area contributed by atoms with Crippen molar-refractivity contribution >= 4 is 23.6 Å². The molecule has 2 unspecified atom stereocenters. The van der Waals surface area contributed by atoms with Crippen molar-refractivity contribution in [3.8, 4) is 0 Å². The Labute approximate surface area is 228 Å². The second-order valence-corrected chi connectivity index (χ2v) is 11.7. The lowest BCUT2D eigenvalue weighted by Crippen LogP contribution is -2.54. The van der Waals surface area contributed by atoms with Crippen molar-refractivity contribution in [3.63, 3.8) is 0 Å². The van der Waals surface area contributed by atoms with Crippen LogP contribution in [-0.4, -0.2) is 40.5 Å². The molecule has 7 nitrogen and oxygen atoms in total. The molecule has 0 heterocycles. The number of carbonyl (C=O) groups excluding carboxylic acids is 3. The van der Waals surface area contributed by atoms with Crippen LogP contribution in [0.25, 0.3) is 0 Å². The van der Waals surface area contributed by atoms with Gasteiger partial charge in [0.25, 0.3) is 5.91 Å². The van der Waals surface area contributed by atoms with Crippen molar-refractivity contribution in [2.75, 3.05) is 5.32 Å². The van der Waals surface area contributed by atoms with E-state index in [9.17, 15) is 14.4 Å². The third-order valence-corrected chi connectivity index (χ3v) is 6.16. The predicted molar refractivity (Wildman–Crippen MR) is 153 cm³/mol. The van der Waals surface area contributed by atoms with Gasteiger partial charge in [0.1, 0.15) is 17.7 Å². The zero-order chi connectivity index (χ0) is 28.8. The van der Waals surface area contributed by atoms with Crippen molar-refractivity contribution < 1.29 is 19.1 Å². The van der Waals surface area contributed by atoms with Gasteiger partial charge < -0.3 is 20.3 Å². The summed E-state index contributed by atoms with van der Waals surface area (Å²) in [5.41, 5.74) is 3.65. The summed E-state index contributed by atoms with van der Waals surface area (Å²) in [4.78, 5) is 42.4. The van der Waals surface area contributed by atoms with Gasteiger partial charge in [0.05, 0.1) is 0 Å². The summed E-state index contributed by atoms with van der Waals surface area (Å²) in [7, 11) is 0. The molecule has 0 spiro atoms. The van der Waals surface area contributed by atoms with Gasteiger partial charge in [-0.05, 0) is 84.4 Å². The zero-order valence-electron chi connectivity index (χ0n) is 24.6. The lowest BCUT2D eigenvalue weighted by molar-refractivity contribution is -0.143. The van der Waals surface area contributed by atoms with Crippen LogP contribution in [0.1, 0.15) is 83.2 Å². The lowest BCUT2D eigenvalue weighted by atomic mass is 9.97. The fourth-order valence-corrected chi connectivity index (χ4v) is 4.39. The van der Waals surface area contributed by atoms with E-state index in [1.807, 2.05) is 90.9 Å². The van der Waals surface area contributed by atoms with Gasteiger partial charge in [-0.3, -0.25) is 9.59 Å². The third-order valence-electron chi connectivity index (χ3n) is 6.16. The van der Waals surface area contributed by atoms with E-state index in [0.29, 0.717) is 12.0 Å². The Morgan fingerprint density at radius 2 is 1.45 bits per heavy atom. The number of carbonyl (C=O) groups is 3. The molecule has 2 aromatic carbocycles. The molecule has 0 fully saturated rings. The summed E-state index contributed by atoms with van der Waals surface area (Å²) in [6.45, 7) is 18.9. The number of nitrogens with one attached hydrogen (secondary N) is 2. The molecule has 3 amide bonds. The highest BCUT2D eigenvalue weighted by Gasteiger charge is 2.38. The van der Waals surface area contributed by atoms with Gasteiger partial charge in [0, 0.05) is 11.7 Å². The Bertz CT molecular complexity index is 1100. The Morgan fingerprint density at radius 1 is 0.895 bits per heavy atom. The van der Waals surface area contributed by atoms with Crippen molar-refractivity contribution in [1.29, 1.82) is 0 Å². The monoisotopic (exact) mass is 523 g/mol. The Hall–Kier alpha value is -3.35. The highest BCUT2D eigenvalue weighted by atomic mass is 16.6. The topological polar surface area (TPSA) is 87.7 Å². The molecule has 2 rings (SSSR count). The first-order valence-electron chi connectivity index (χ1n) is 13.4. The zero-order valence-corrected chi connectivity index (χ0v) is 24.6. The third kappa shape index (κ3) is 8.61. The van der Waals surface area contributed by atoms with Crippen LogP contribution in [0.2, 0.25) is 0 Å². The number of ether oxygens (including phenoxy) is 1. The number of hydrogen-bond donors (Lipinski definition) is 2. The number of hydrogen-bond acceptors (Lipinski definition) is 4. The number of rotatable bonds is 9. The smallest absolute Gasteiger partial charge is 0.408 e. The normalized spacial score (nSPS) is 13.2. The number of aryl methyl sites for hydroxylation is 3. The second kappa shape index (κ2) is 12.9. The molecule has 2 atom stereocenters. The Morgan fingerprint density at radius 3 is 1.92 bits per heavy atom. The molecule has 0 radical (unpaired) electrons. The fraction of sp³-hybridized carbons (Fsp3) is 0.516. The molecule has 0 aromatic heterocycles. The first-order chi connectivity index (χ1) is 17.6. The van der Waals surface area contributed by atoms with Crippen molar-refractivity contribution in [3.05, 3.63) is 64.7 Å². The quantitative estimate of drug-likeness (QED) is 0.394. The molecule has 0 aliphatic heterocycles. The summed E-state index contributed by atoms with van der Waals surface area (Å²) in [5.74, 6) is -0.523. The number of alkyl carbamates (subject to hydrolysis) is 1. The number of para-hydroxylation sites is 1. The Kier molecular flexibility index (Phi) is 10.5. The predicted octanol–water partition coefficient (Wildman–Crippen LogP) is 6.47. The molecule has 2 N–H and O–H groups in total. The minimum atomic E-state index is -0.905. The van der Waals surface area contributed by atoms with E-state index < -0.39 is 23.8 Å². The standard InChI is InChI=1S/C31H45N3O4/c1-19(2)18-25(32-30(37)38-31(8,9)10)29(36)34(20(3)4)27(24-16-14-21(5)15-17-24)28(35)33-26-22(6)12-11-13-23(26)7/h11-17,19-20,25,27H,18H2,1-10H3,(H,32,37)(H,33,35). The molecule has 7 heteroatoms. The minimum absolute atomic E-state index is 0.120. The number of nitrogens with zero attached hydrogens (tertiary/aromatic N) is 1. The van der Waals surface area contributed by atoms with Gasteiger partial charge in [-0.15, -0.1) is 0 Å². The first kappa shape index (κ1) is 30.9. The molecule has 0 saturated carbocycles. The van der Waals surface area contributed by atoms with E-state index in [1.54, 1.807) is 25.7 Å². The summed E-state index contributed by atoms with van der Waals surface area (Å²) in [6, 6.07) is 11.4. The van der Waals surface area contributed by atoms with Gasteiger partial charge in [-0.25, -0.2) is 4.79 Å². The van der Waals surface area contributed by atoms with Gasteiger partial charge >= 0.3 is 6.09 Å². The van der Waals surface area contributed by atoms with Gasteiger partial charge in [0.15, 0.2) is 0 Å². The molecule has 208 valence electrons. The van der Waals surface area contributed by atoms with Crippen LogP contribution in [0.3, 0.4) is 0 Å². The van der Waals surface area contributed by atoms with Crippen LogP contribution in [-0.2, 0) is 14.3 Å². The van der Waals surface area contributed by atoms with Crippen molar-refractivity contribution in [2.24, 2.45) is 5.92 Å². The van der Waals surface area contributed by atoms with Gasteiger partial charge in [0.2, 0.25) is 5.91 Å². The van der Waals surface area contributed by atoms with E-state index >= 15 is 0 Å². The maximum Gasteiger partial charge on any atom is 0.408 e. The summed E-state index contributed by atoms with van der Waals surface area (Å²) in [5, 5.41) is 5.87. The van der Waals surface area contributed by atoms with E-state index in [1.165, 1.54) is 0 Å². The maximum atomic E-state index is 14.2. The molecular formula is C31H45N3O4. The van der Waals surface area contributed by atoms with Crippen LogP contribution in [0, 0.1) is 26.7 Å². The van der Waals surface area contributed by atoms with E-state index in [-0.39, 0.29) is 23.8 Å². The lowest BCUT2D eigenvalue weighted by Gasteiger charge is -2.37. The second-order valence-electron chi connectivity index (χ2n) is 11.7. The average molecular weight is 524 g/mol. The minimum Gasteiger partial charge on any atom is -0.444 e. The molecular weight excluding hydrogens is 478 g/mol. The van der Waals surface area contributed by atoms with E-state index in [0.717, 1.165) is 22.4 Å². The van der Waals surface area contributed by atoms with Crippen LogP contribution in [0.15, 0.2) is 42.5 Å². The largest absolute Gasteiger partial charge is 0.444 e. The van der Waals surface area contributed by atoms with Crippen LogP contribution in [0.5, 0.6) is 0 Å². The molecule has 38 heavy (non-hydrogen) atoms. The average Bonchev–Trinajstić information content (AvgIpc) is 2.78. The van der Waals surface area contributed by atoms with E-state index in [2.05, 4.69) is 10.6 Å². The number of amides is 3. The van der Waals surface area contributed by atoms with Crippen molar-refractivity contribution in [2.45, 2.75) is 99.4 Å². The molecule has 0 saturated heterocycles. The highest BCUT2D eigenvalue weighted by molar-refractivity contribution is 6.00. The summed E-state index contributed by atoms with van der Waals surface area (Å²) >= 11 is 0. The summed E-state index contributed by atoms with van der Waals surface area (Å²) < 4.78 is 5.45. The van der Waals surface area contributed by atoms with Gasteiger partial charge in [-0.1, -0.05) is 61.9 Å². The molecule has 2 aromatic rings. The van der Waals surface area contributed by atoms with Crippen LogP contribution < -0.4 is 10.6 Å². The highest BCUT2D eigenvalue weighted by Crippen LogP contribution is 2.29. The molecule has 0 aliphatic rings. The SMILES string of the molecule is Cc1ccc(C(C(=O)Nc2c(C)cccc2C)N(C(=O)C(CC(C)C)NC(=O)OC(C)(C)C)C(C)C)cc1. The fourth-order valence-electron chi connectivity index (χ4n) is 4.39. The number of anilines is 1. The van der Waals surface area contributed by atoms with Crippen LogP contribution >= 0.6 is 0 Å². The molecule has 0 bridgehead atoms. The maximum absolute atomic E-state index is 14.2. The van der Waals surface area contributed by atoms with E-state index in [4.69, 9.17) is 4.74 Å².